The summed E-state index contributed by atoms with van der Waals surface area (Å²) in [5, 5.41) is -0.0747. The Bertz CT molecular complexity index is 369. The number of benzene rings is 1. The minimum absolute atomic E-state index is 0.0747. The van der Waals surface area contributed by atoms with Crippen LogP contribution in [-0.2, 0) is 0 Å². The van der Waals surface area contributed by atoms with Gasteiger partial charge in [0.2, 0.25) is 5.75 Å². The van der Waals surface area contributed by atoms with Crippen LogP contribution in [0, 0.1) is 0 Å². The summed E-state index contributed by atoms with van der Waals surface area (Å²) in [6.07, 6.45) is 0. The molecule has 0 bridgehead atoms. The smallest absolute Gasteiger partial charge is 0.259 e. The molecule has 1 aromatic carbocycles. The van der Waals surface area contributed by atoms with Crippen LogP contribution < -0.4 is 24.7 Å². The largest absolute Gasteiger partial charge is 0.493 e. The van der Waals surface area contributed by atoms with Crippen LogP contribution >= 0.6 is 12.2 Å². The highest BCUT2D eigenvalue weighted by atomic mass is 32.1. The highest BCUT2D eigenvalue weighted by Crippen LogP contribution is 2.40. The second kappa shape index (κ2) is 5.41. The Morgan fingerprint density at radius 3 is 1.88 bits per heavy atom. The van der Waals surface area contributed by atoms with Gasteiger partial charge in [0.05, 0.1) is 21.3 Å². The van der Waals surface area contributed by atoms with Crippen LogP contribution in [0.5, 0.6) is 23.0 Å². The van der Waals surface area contributed by atoms with Crippen molar-refractivity contribution in [3.8, 4) is 23.0 Å². The lowest BCUT2D eigenvalue weighted by Gasteiger charge is -2.13. The minimum atomic E-state index is -0.0747. The molecule has 0 unspecified atom stereocenters. The zero-order chi connectivity index (χ0) is 12.1. The number of nitrogens with two attached hydrogens (primary N) is 1. The zero-order valence-corrected chi connectivity index (χ0v) is 10.1. The fourth-order valence-electron chi connectivity index (χ4n) is 1.23. The molecule has 0 aromatic heterocycles. The molecule has 0 amide bonds. The van der Waals surface area contributed by atoms with Gasteiger partial charge in [-0.3, -0.25) is 0 Å². The minimum Gasteiger partial charge on any atom is -0.493 e. The number of rotatable bonds is 4. The van der Waals surface area contributed by atoms with Crippen molar-refractivity contribution in [2.75, 3.05) is 21.3 Å². The summed E-state index contributed by atoms with van der Waals surface area (Å²) in [5.41, 5.74) is 5.27. The molecule has 16 heavy (non-hydrogen) atoms. The van der Waals surface area contributed by atoms with Gasteiger partial charge < -0.3 is 24.7 Å². The number of hydrogen-bond acceptors (Lipinski definition) is 5. The number of ether oxygens (including phenoxy) is 4. The molecule has 0 atom stereocenters. The first-order valence-electron chi connectivity index (χ1n) is 4.39. The van der Waals surface area contributed by atoms with Crippen molar-refractivity contribution in [3.05, 3.63) is 12.1 Å². The summed E-state index contributed by atoms with van der Waals surface area (Å²) in [6, 6.07) is 3.22. The first-order chi connectivity index (χ1) is 7.62. The van der Waals surface area contributed by atoms with Gasteiger partial charge in [-0.25, -0.2) is 0 Å². The van der Waals surface area contributed by atoms with Crippen molar-refractivity contribution >= 4 is 17.4 Å². The quantitative estimate of drug-likeness (QED) is 0.805. The Balaban J connectivity index is 3.20. The Morgan fingerprint density at radius 2 is 1.56 bits per heavy atom. The third-order valence-corrected chi connectivity index (χ3v) is 1.94. The van der Waals surface area contributed by atoms with Gasteiger partial charge in [-0.2, -0.15) is 0 Å². The van der Waals surface area contributed by atoms with Crippen molar-refractivity contribution in [2.24, 2.45) is 5.73 Å². The Morgan fingerprint density at radius 1 is 1.06 bits per heavy atom. The Hall–Kier alpha value is -1.69. The van der Waals surface area contributed by atoms with E-state index in [1.165, 1.54) is 21.3 Å². The van der Waals surface area contributed by atoms with Crippen molar-refractivity contribution in [1.29, 1.82) is 0 Å². The second-order valence-electron chi connectivity index (χ2n) is 2.78. The first-order valence-corrected chi connectivity index (χ1v) is 4.80. The molecule has 1 aromatic rings. The molecule has 1 rings (SSSR count). The Labute approximate surface area is 99.0 Å². The third kappa shape index (κ3) is 2.66. The average Bonchev–Trinajstić information content (AvgIpc) is 2.26. The van der Waals surface area contributed by atoms with Crippen molar-refractivity contribution in [2.45, 2.75) is 0 Å². The second-order valence-corrected chi connectivity index (χ2v) is 3.18. The molecule has 0 aliphatic rings. The third-order valence-electron chi connectivity index (χ3n) is 1.86. The lowest BCUT2D eigenvalue weighted by Crippen LogP contribution is -2.15. The van der Waals surface area contributed by atoms with Crippen LogP contribution in [0.1, 0.15) is 0 Å². The Kier molecular flexibility index (Phi) is 4.19. The SMILES string of the molecule is COc1cc(OC(N)=S)cc(OC)c1OC. The molecule has 0 spiro atoms. The molecule has 0 aliphatic carbocycles. The van der Waals surface area contributed by atoms with Crippen molar-refractivity contribution in [3.63, 3.8) is 0 Å². The van der Waals surface area contributed by atoms with Crippen LogP contribution in [-0.4, -0.2) is 26.5 Å². The maximum absolute atomic E-state index is 5.27. The van der Waals surface area contributed by atoms with Crippen LogP contribution in [0.3, 0.4) is 0 Å². The van der Waals surface area contributed by atoms with Gasteiger partial charge in [-0.1, -0.05) is 0 Å². The van der Waals surface area contributed by atoms with E-state index in [-0.39, 0.29) is 5.17 Å². The predicted octanol–water partition coefficient (Wildman–Crippen LogP) is 1.33. The molecule has 6 heteroatoms. The van der Waals surface area contributed by atoms with Gasteiger partial charge in [0, 0.05) is 12.1 Å². The fraction of sp³-hybridized carbons (Fsp3) is 0.300. The number of methoxy groups -OCH3 is 3. The molecular weight excluding hydrogens is 230 g/mol. The van der Waals surface area contributed by atoms with E-state index in [0.29, 0.717) is 23.0 Å². The van der Waals surface area contributed by atoms with Crippen LogP contribution in [0.4, 0.5) is 0 Å². The standard InChI is InChI=1S/C10H13NO4S/c1-12-7-4-6(15-10(11)16)5-8(13-2)9(7)14-3/h4-5H,1-3H3,(H2,11,16). The van der Waals surface area contributed by atoms with Gasteiger partial charge in [0.1, 0.15) is 5.75 Å². The summed E-state index contributed by atoms with van der Waals surface area (Å²) in [5.74, 6) is 1.88. The van der Waals surface area contributed by atoms with Crippen LogP contribution in [0.25, 0.3) is 0 Å². The van der Waals surface area contributed by atoms with Crippen LogP contribution in [0.15, 0.2) is 12.1 Å². The predicted molar refractivity (Wildman–Crippen MR) is 63.5 cm³/mol. The molecule has 0 heterocycles. The molecule has 0 fully saturated rings. The maximum atomic E-state index is 5.27. The van der Waals surface area contributed by atoms with E-state index >= 15 is 0 Å². The summed E-state index contributed by atoms with van der Waals surface area (Å²) >= 11 is 4.64. The van der Waals surface area contributed by atoms with E-state index in [4.69, 9.17) is 24.7 Å². The maximum Gasteiger partial charge on any atom is 0.259 e. The lowest BCUT2D eigenvalue weighted by atomic mass is 10.2. The molecule has 2 N–H and O–H groups in total. The average molecular weight is 243 g/mol. The zero-order valence-electron chi connectivity index (χ0n) is 9.27. The molecule has 0 aliphatic heterocycles. The molecule has 0 saturated heterocycles. The monoisotopic (exact) mass is 243 g/mol. The topological polar surface area (TPSA) is 62.9 Å². The first kappa shape index (κ1) is 12.4. The van der Waals surface area contributed by atoms with E-state index in [1.54, 1.807) is 12.1 Å². The number of hydrogen-bond donors (Lipinski definition) is 1. The van der Waals surface area contributed by atoms with Gasteiger partial charge in [0.15, 0.2) is 11.5 Å². The van der Waals surface area contributed by atoms with Crippen molar-refractivity contribution in [1.82, 2.24) is 0 Å². The van der Waals surface area contributed by atoms with Gasteiger partial charge >= 0.3 is 0 Å². The van der Waals surface area contributed by atoms with E-state index in [1.807, 2.05) is 0 Å². The van der Waals surface area contributed by atoms with Crippen molar-refractivity contribution < 1.29 is 18.9 Å². The normalized spacial score (nSPS) is 9.44. The van der Waals surface area contributed by atoms with E-state index in [2.05, 4.69) is 12.2 Å². The molecule has 88 valence electrons. The fourth-order valence-corrected chi connectivity index (χ4v) is 1.33. The summed E-state index contributed by atoms with van der Waals surface area (Å²) in [7, 11) is 4.55. The number of thiocarbonyl (C=S) groups is 1. The molecule has 0 radical (unpaired) electrons. The van der Waals surface area contributed by atoms with Crippen LogP contribution in [0.2, 0.25) is 0 Å². The lowest BCUT2D eigenvalue weighted by molar-refractivity contribution is 0.322. The van der Waals surface area contributed by atoms with E-state index in [0.717, 1.165) is 0 Å². The van der Waals surface area contributed by atoms with Gasteiger partial charge in [-0.05, 0) is 12.2 Å². The van der Waals surface area contributed by atoms with Gasteiger partial charge in [0.25, 0.3) is 5.17 Å². The summed E-state index contributed by atoms with van der Waals surface area (Å²) < 4.78 is 20.5. The summed E-state index contributed by atoms with van der Waals surface area (Å²) in [4.78, 5) is 0. The van der Waals surface area contributed by atoms with Gasteiger partial charge in [-0.15, -0.1) is 0 Å². The van der Waals surface area contributed by atoms with E-state index in [9.17, 15) is 0 Å². The molecule has 0 saturated carbocycles. The molecular formula is C10H13NO4S. The van der Waals surface area contributed by atoms with E-state index < -0.39 is 0 Å². The highest BCUT2D eigenvalue weighted by molar-refractivity contribution is 7.80. The summed E-state index contributed by atoms with van der Waals surface area (Å²) in [6.45, 7) is 0. The highest BCUT2D eigenvalue weighted by Gasteiger charge is 2.14. The molecule has 5 nitrogen and oxygen atoms in total.